The molecule has 190 valence electrons. The molecule has 0 saturated carbocycles. The zero-order valence-electron chi connectivity index (χ0n) is 19.6. The third kappa shape index (κ3) is 7.15. The first kappa shape index (κ1) is 26.9. The van der Waals surface area contributed by atoms with Crippen molar-refractivity contribution in [1.29, 1.82) is 0 Å². The van der Waals surface area contributed by atoms with E-state index in [2.05, 4.69) is 10.2 Å². The zero-order valence-corrected chi connectivity index (χ0v) is 21.2. The van der Waals surface area contributed by atoms with E-state index in [0.29, 0.717) is 40.0 Å². The van der Waals surface area contributed by atoms with Gasteiger partial charge < -0.3 is 28.5 Å². The second kappa shape index (κ2) is 12.8. The summed E-state index contributed by atoms with van der Waals surface area (Å²) in [6.07, 6.45) is 1.43. The Hall–Kier alpha value is -3.70. The minimum atomic E-state index is -1.19. The molecule has 0 aliphatic rings. The summed E-state index contributed by atoms with van der Waals surface area (Å²) in [4.78, 5) is 23.4. The van der Waals surface area contributed by atoms with Gasteiger partial charge in [0.2, 0.25) is 0 Å². The molecule has 0 spiro atoms. The average molecular weight is 535 g/mol. The molecule has 10 nitrogen and oxygen atoms in total. The summed E-state index contributed by atoms with van der Waals surface area (Å²) in [5, 5.41) is 18.1. The van der Waals surface area contributed by atoms with E-state index in [9.17, 15) is 14.7 Å². The number of rotatable bonds is 12. The van der Waals surface area contributed by atoms with Gasteiger partial charge in [-0.2, -0.15) is 0 Å². The quantitative estimate of drug-likeness (QED) is 0.192. The predicted octanol–water partition coefficient (Wildman–Crippen LogP) is 4.96. The predicted molar refractivity (Wildman–Crippen MR) is 133 cm³/mol. The van der Waals surface area contributed by atoms with E-state index in [1.807, 2.05) is 0 Å². The molecule has 0 aliphatic carbocycles. The number of carboxylic acids is 1. The highest BCUT2D eigenvalue weighted by Gasteiger charge is 2.19. The van der Waals surface area contributed by atoms with Crippen molar-refractivity contribution in [2.45, 2.75) is 19.1 Å². The van der Waals surface area contributed by atoms with Crippen molar-refractivity contribution in [2.75, 3.05) is 26.9 Å². The van der Waals surface area contributed by atoms with E-state index >= 15 is 0 Å². The third-order valence-electron chi connectivity index (χ3n) is 4.42. The lowest BCUT2D eigenvalue weighted by Gasteiger charge is -2.12. The van der Waals surface area contributed by atoms with Crippen molar-refractivity contribution in [2.24, 2.45) is 0 Å². The number of carboxylic acid groups (broad SMARTS) is 1. The number of hydrogen-bond donors (Lipinski definition) is 1. The monoisotopic (exact) mass is 534 g/mol. The number of carbonyl (C=O) groups is 2. The van der Waals surface area contributed by atoms with Crippen LogP contribution in [0.5, 0.6) is 17.2 Å². The third-order valence-corrected chi connectivity index (χ3v) is 5.51. The number of halogens is 1. The Labute approximate surface area is 216 Å². The van der Waals surface area contributed by atoms with Gasteiger partial charge in [-0.25, -0.2) is 9.59 Å². The molecule has 0 amide bonds. The van der Waals surface area contributed by atoms with Crippen LogP contribution in [0.1, 0.15) is 19.4 Å². The van der Waals surface area contributed by atoms with Gasteiger partial charge in [-0.1, -0.05) is 17.7 Å². The summed E-state index contributed by atoms with van der Waals surface area (Å²) in [6, 6.07) is 9.73. The Kier molecular flexibility index (Phi) is 9.60. The van der Waals surface area contributed by atoms with Gasteiger partial charge in [0.05, 0.1) is 25.9 Å². The molecule has 36 heavy (non-hydrogen) atoms. The number of thioether (sulfide) groups is 1. The summed E-state index contributed by atoms with van der Waals surface area (Å²) < 4.78 is 26.9. The lowest BCUT2D eigenvalue weighted by molar-refractivity contribution is -0.145. The Bertz CT molecular complexity index is 1260. The zero-order chi connectivity index (χ0) is 26.1. The van der Waals surface area contributed by atoms with E-state index < -0.39 is 11.9 Å². The lowest BCUT2D eigenvalue weighted by Crippen LogP contribution is -2.15. The van der Waals surface area contributed by atoms with Crippen LogP contribution in [0.3, 0.4) is 0 Å². The fourth-order valence-electron chi connectivity index (χ4n) is 2.93. The second-order valence-corrected chi connectivity index (χ2v) is 8.30. The van der Waals surface area contributed by atoms with Crippen molar-refractivity contribution >= 4 is 41.4 Å². The van der Waals surface area contributed by atoms with Crippen molar-refractivity contribution in [3.63, 3.8) is 0 Å². The molecule has 1 N–H and O–H groups in total. The highest BCUT2D eigenvalue weighted by atomic mass is 35.5. The van der Waals surface area contributed by atoms with E-state index in [1.165, 1.54) is 13.2 Å². The number of esters is 1. The SMILES string of the molecule is CCOC(=O)COc1ccc(/C=C(\Sc2nnc(-c3cc(Cl)ccc3OC)o2)C(=O)O)cc1OCC. The number of hydrogen-bond acceptors (Lipinski definition) is 10. The number of aromatic nitrogens is 2. The molecule has 3 rings (SSSR count). The molecule has 12 heteroatoms. The fraction of sp³-hybridized carbons (Fsp3) is 0.250. The van der Waals surface area contributed by atoms with Crippen LogP contribution in [-0.4, -0.2) is 54.2 Å². The highest BCUT2D eigenvalue weighted by Crippen LogP contribution is 2.36. The molecule has 0 unspecified atom stereocenters. The number of carbonyl (C=O) groups excluding carboxylic acids is 1. The van der Waals surface area contributed by atoms with Crippen molar-refractivity contribution in [3.8, 4) is 28.7 Å². The Balaban J connectivity index is 1.83. The van der Waals surface area contributed by atoms with Gasteiger partial charge in [-0.15, -0.1) is 10.2 Å². The normalized spacial score (nSPS) is 11.2. The summed E-state index contributed by atoms with van der Waals surface area (Å²) in [5.74, 6) is -0.434. The van der Waals surface area contributed by atoms with Crippen LogP contribution in [0.4, 0.5) is 0 Å². The smallest absolute Gasteiger partial charge is 0.344 e. The molecule has 0 aliphatic heterocycles. The van der Waals surface area contributed by atoms with Crippen molar-refractivity contribution in [1.82, 2.24) is 10.2 Å². The molecule has 3 aromatic rings. The Morgan fingerprint density at radius 1 is 1.06 bits per heavy atom. The van der Waals surface area contributed by atoms with Crippen LogP contribution in [-0.2, 0) is 14.3 Å². The second-order valence-electron chi connectivity index (χ2n) is 6.87. The highest BCUT2D eigenvalue weighted by molar-refractivity contribution is 8.03. The van der Waals surface area contributed by atoms with Crippen LogP contribution in [0.25, 0.3) is 17.5 Å². The van der Waals surface area contributed by atoms with Gasteiger partial charge in [0.15, 0.2) is 18.1 Å². The van der Waals surface area contributed by atoms with Crippen LogP contribution in [0, 0.1) is 0 Å². The summed E-state index contributed by atoms with van der Waals surface area (Å²) in [5.41, 5.74) is 0.994. The lowest BCUT2D eigenvalue weighted by atomic mass is 10.2. The average Bonchev–Trinajstić information content (AvgIpc) is 3.32. The van der Waals surface area contributed by atoms with Gasteiger partial charge in [0.1, 0.15) is 10.7 Å². The molecular weight excluding hydrogens is 512 g/mol. The molecule has 1 heterocycles. The Morgan fingerprint density at radius 2 is 1.83 bits per heavy atom. The maximum absolute atomic E-state index is 11.9. The molecule has 0 radical (unpaired) electrons. The molecule has 1 aromatic heterocycles. The molecule has 0 atom stereocenters. The van der Waals surface area contributed by atoms with E-state index in [-0.39, 0.29) is 29.2 Å². The first-order valence-electron chi connectivity index (χ1n) is 10.7. The summed E-state index contributed by atoms with van der Waals surface area (Å²) in [7, 11) is 1.49. The fourth-order valence-corrected chi connectivity index (χ4v) is 3.77. The Morgan fingerprint density at radius 3 is 2.53 bits per heavy atom. The first-order chi connectivity index (χ1) is 17.3. The van der Waals surface area contributed by atoms with Gasteiger partial charge in [0.25, 0.3) is 11.1 Å². The largest absolute Gasteiger partial charge is 0.496 e. The van der Waals surface area contributed by atoms with Crippen LogP contribution in [0.15, 0.2) is 50.9 Å². The number of aliphatic carboxylic acids is 1. The van der Waals surface area contributed by atoms with E-state index in [1.54, 1.807) is 50.2 Å². The van der Waals surface area contributed by atoms with E-state index in [0.717, 1.165) is 11.8 Å². The molecule has 2 aromatic carbocycles. The van der Waals surface area contributed by atoms with Crippen molar-refractivity contribution in [3.05, 3.63) is 51.9 Å². The number of ether oxygens (including phenoxy) is 4. The van der Waals surface area contributed by atoms with Crippen molar-refractivity contribution < 1.29 is 38.1 Å². The van der Waals surface area contributed by atoms with Crippen LogP contribution < -0.4 is 14.2 Å². The number of nitrogens with zero attached hydrogens (tertiary/aromatic N) is 2. The molecule has 0 fully saturated rings. The maximum atomic E-state index is 11.9. The standard InChI is InChI=1S/C24H23ClN2O8S/c1-4-32-19-10-14(6-8-18(19)34-13-21(28)33-5-2)11-20(23(29)30)36-24-27-26-22(35-24)16-12-15(25)7-9-17(16)31-3/h6-12H,4-5,13H2,1-3H3,(H,29,30)/b20-11-. The van der Waals surface area contributed by atoms with Gasteiger partial charge in [-0.05, 0) is 67.6 Å². The minimum Gasteiger partial charge on any atom is -0.496 e. The minimum absolute atomic E-state index is 0.0140. The van der Waals surface area contributed by atoms with Crippen LogP contribution >= 0.6 is 23.4 Å². The maximum Gasteiger partial charge on any atom is 0.344 e. The molecule has 0 saturated heterocycles. The van der Waals surface area contributed by atoms with Gasteiger partial charge in [-0.3, -0.25) is 0 Å². The topological polar surface area (TPSA) is 130 Å². The summed E-state index contributed by atoms with van der Waals surface area (Å²) >= 11 is 6.84. The van der Waals surface area contributed by atoms with Gasteiger partial charge in [0, 0.05) is 5.02 Å². The number of benzene rings is 2. The molecular formula is C24H23ClN2O8S. The summed E-state index contributed by atoms with van der Waals surface area (Å²) in [6.45, 7) is 3.79. The number of methoxy groups -OCH3 is 1. The van der Waals surface area contributed by atoms with Gasteiger partial charge >= 0.3 is 11.9 Å². The van der Waals surface area contributed by atoms with E-state index in [4.69, 9.17) is 35.0 Å². The first-order valence-corrected chi connectivity index (χ1v) is 11.9. The van der Waals surface area contributed by atoms with Crippen LogP contribution in [0.2, 0.25) is 5.02 Å². The molecule has 0 bridgehead atoms.